The Morgan fingerprint density at radius 1 is 1.32 bits per heavy atom. The molecule has 2 rings (SSSR count). The SMILES string of the molecule is NNC(CCC(F)(F)F)Cc1nc2ccccc2s1. The molecule has 0 aliphatic rings. The lowest BCUT2D eigenvalue weighted by atomic mass is 10.1. The second kappa shape index (κ2) is 5.85. The minimum atomic E-state index is -4.15. The first-order valence-corrected chi connectivity index (χ1v) is 6.67. The highest BCUT2D eigenvalue weighted by atomic mass is 32.1. The first-order valence-electron chi connectivity index (χ1n) is 5.85. The molecule has 1 heterocycles. The molecule has 0 radical (unpaired) electrons. The van der Waals surface area contributed by atoms with E-state index in [0.29, 0.717) is 6.42 Å². The predicted octanol–water partition coefficient (Wildman–Crippen LogP) is 3.01. The van der Waals surface area contributed by atoms with E-state index in [-0.39, 0.29) is 6.42 Å². The third-order valence-electron chi connectivity index (χ3n) is 2.77. The first kappa shape index (κ1) is 14.2. The van der Waals surface area contributed by atoms with Crippen LogP contribution in [0.25, 0.3) is 10.2 Å². The molecule has 0 spiro atoms. The number of hydrogen-bond acceptors (Lipinski definition) is 4. The Hall–Kier alpha value is -1.18. The maximum Gasteiger partial charge on any atom is 0.389 e. The van der Waals surface area contributed by atoms with E-state index in [4.69, 9.17) is 5.84 Å². The van der Waals surface area contributed by atoms with Crippen LogP contribution in [0.2, 0.25) is 0 Å². The van der Waals surface area contributed by atoms with Crippen molar-refractivity contribution >= 4 is 21.6 Å². The van der Waals surface area contributed by atoms with Gasteiger partial charge in [-0.05, 0) is 18.6 Å². The van der Waals surface area contributed by atoms with Gasteiger partial charge in [-0.1, -0.05) is 12.1 Å². The van der Waals surface area contributed by atoms with Gasteiger partial charge in [-0.25, -0.2) is 4.98 Å². The number of benzene rings is 1. The minimum Gasteiger partial charge on any atom is -0.271 e. The summed E-state index contributed by atoms with van der Waals surface area (Å²) in [4.78, 5) is 4.39. The van der Waals surface area contributed by atoms with Crippen molar-refractivity contribution in [2.45, 2.75) is 31.5 Å². The molecule has 3 nitrogen and oxygen atoms in total. The number of rotatable bonds is 5. The highest BCUT2D eigenvalue weighted by molar-refractivity contribution is 7.18. The Bertz CT molecular complexity index is 505. The van der Waals surface area contributed by atoms with E-state index < -0.39 is 18.6 Å². The number of alkyl halides is 3. The van der Waals surface area contributed by atoms with Crippen LogP contribution in [0.4, 0.5) is 13.2 Å². The highest BCUT2D eigenvalue weighted by Crippen LogP contribution is 2.25. The summed E-state index contributed by atoms with van der Waals surface area (Å²) in [6.07, 6.45) is -4.63. The van der Waals surface area contributed by atoms with Gasteiger partial charge >= 0.3 is 6.18 Å². The molecule has 1 unspecified atom stereocenters. The van der Waals surface area contributed by atoms with Gasteiger partial charge in [-0.2, -0.15) is 13.2 Å². The van der Waals surface area contributed by atoms with Crippen LogP contribution in [-0.4, -0.2) is 17.2 Å². The molecule has 2 aromatic rings. The largest absolute Gasteiger partial charge is 0.389 e. The molecule has 3 N–H and O–H groups in total. The molecule has 0 saturated heterocycles. The molecule has 0 amide bonds. The van der Waals surface area contributed by atoms with Gasteiger partial charge in [0.2, 0.25) is 0 Å². The lowest BCUT2D eigenvalue weighted by Crippen LogP contribution is -2.37. The fourth-order valence-corrected chi connectivity index (χ4v) is 2.85. The Morgan fingerprint density at radius 3 is 2.68 bits per heavy atom. The van der Waals surface area contributed by atoms with Gasteiger partial charge in [0.1, 0.15) is 0 Å². The molecule has 0 bridgehead atoms. The van der Waals surface area contributed by atoms with Crippen LogP contribution in [0, 0.1) is 0 Å². The van der Waals surface area contributed by atoms with Gasteiger partial charge in [-0.15, -0.1) is 11.3 Å². The molecule has 0 saturated carbocycles. The molecule has 19 heavy (non-hydrogen) atoms. The number of halogens is 3. The summed E-state index contributed by atoms with van der Waals surface area (Å²) in [5, 5.41) is 0.798. The molecular weight excluding hydrogens is 275 g/mol. The van der Waals surface area contributed by atoms with Crippen LogP contribution in [0.5, 0.6) is 0 Å². The van der Waals surface area contributed by atoms with E-state index in [2.05, 4.69) is 10.4 Å². The van der Waals surface area contributed by atoms with Crippen molar-refractivity contribution in [3.05, 3.63) is 29.3 Å². The van der Waals surface area contributed by atoms with Crippen molar-refractivity contribution in [1.29, 1.82) is 0 Å². The average molecular weight is 289 g/mol. The Balaban J connectivity index is 2.01. The smallest absolute Gasteiger partial charge is 0.271 e. The summed E-state index contributed by atoms with van der Waals surface area (Å²) in [6.45, 7) is 0. The summed E-state index contributed by atoms with van der Waals surface area (Å²) < 4.78 is 37.6. The molecule has 7 heteroatoms. The maximum atomic E-state index is 12.2. The van der Waals surface area contributed by atoms with Crippen molar-refractivity contribution in [1.82, 2.24) is 10.4 Å². The van der Waals surface area contributed by atoms with Crippen molar-refractivity contribution in [2.75, 3.05) is 0 Å². The zero-order valence-corrected chi connectivity index (χ0v) is 10.9. The fraction of sp³-hybridized carbons (Fsp3) is 0.417. The molecule has 1 aromatic carbocycles. The number of nitrogens with zero attached hydrogens (tertiary/aromatic N) is 1. The van der Waals surface area contributed by atoms with E-state index >= 15 is 0 Å². The second-order valence-electron chi connectivity index (χ2n) is 4.30. The van der Waals surface area contributed by atoms with E-state index in [1.54, 1.807) is 0 Å². The van der Waals surface area contributed by atoms with Crippen LogP contribution in [-0.2, 0) is 6.42 Å². The normalized spacial score (nSPS) is 13.9. The number of nitrogens with one attached hydrogen (secondary N) is 1. The van der Waals surface area contributed by atoms with Crippen LogP contribution < -0.4 is 11.3 Å². The second-order valence-corrected chi connectivity index (χ2v) is 5.41. The lowest BCUT2D eigenvalue weighted by Gasteiger charge is -2.15. The van der Waals surface area contributed by atoms with Crippen molar-refractivity contribution in [3.8, 4) is 0 Å². The summed E-state index contributed by atoms with van der Waals surface area (Å²) in [5.41, 5.74) is 3.30. The summed E-state index contributed by atoms with van der Waals surface area (Å²) in [6, 6.07) is 7.20. The monoisotopic (exact) mass is 289 g/mol. The fourth-order valence-electron chi connectivity index (χ4n) is 1.80. The quantitative estimate of drug-likeness (QED) is 0.657. The molecule has 104 valence electrons. The van der Waals surface area contributed by atoms with Crippen LogP contribution >= 0.6 is 11.3 Å². The highest BCUT2D eigenvalue weighted by Gasteiger charge is 2.28. The molecule has 1 aromatic heterocycles. The molecule has 0 fully saturated rings. The standard InChI is InChI=1S/C12H14F3N3S/c13-12(14,15)6-5-8(18-16)7-11-17-9-3-1-2-4-10(9)19-11/h1-4,8,18H,5-7,16H2. The number of fused-ring (bicyclic) bond motifs is 1. The van der Waals surface area contributed by atoms with Crippen LogP contribution in [0.3, 0.4) is 0 Å². The summed E-state index contributed by atoms with van der Waals surface area (Å²) in [7, 11) is 0. The van der Waals surface area contributed by atoms with Crippen molar-refractivity contribution in [2.24, 2.45) is 5.84 Å². The number of hydrazine groups is 1. The van der Waals surface area contributed by atoms with Gasteiger partial charge in [0.15, 0.2) is 0 Å². The van der Waals surface area contributed by atoms with E-state index in [1.807, 2.05) is 24.3 Å². The van der Waals surface area contributed by atoms with Gasteiger partial charge in [0.25, 0.3) is 0 Å². The predicted molar refractivity (Wildman–Crippen MR) is 69.7 cm³/mol. The number of thiazole rings is 1. The Labute approximate surface area is 112 Å². The van der Waals surface area contributed by atoms with Crippen molar-refractivity contribution < 1.29 is 13.2 Å². The van der Waals surface area contributed by atoms with Gasteiger partial charge in [0, 0.05) is 18.9 Å². The average Bonchev–Trinajstić information content (AvgIpc) is 2.75. The topological polar surface area (TPSA) is 50.9 Å². The summed E-state index contributed by atoms with van der Waals surface area (Å²) >= 11 is 1.49. The molecule has 1 atom stereocenters. The third-order valence-corrected chi connectivity index (χ3v) is 3.83. The number of hydrogen-bond donors (Lipinski definition) is 2. The maximum absolute atomic E-state index is 12.2. The number of nitrogens with two attached hydrogens (primary N) is 1. The molecule has 0 aliphatic heterocycles. The van der Waals surface area contributed by atoms with Crippen molar-refractivity contribution in [3.63, 3.8) is 0 Å². The van der Waals surface area contributed by atoms with E-state index in [1.165, 1.54) is 11.3 Å². The molecular formula is C12H14F3N3S. The zero-order valence-electron chi connectivity index (χ0n) is 10.1. The first-order chi connectivity index (χ1) is 8.98. The van der Waals surface area contributed by atoms with Gasteiger partial charge in [0.05, 0.1) is 15.2 Å². The zero-order chi connectivity index (χ0) is 13.9. The van der Waals surface area contributed by atoms with Crippen LogP contribution in [0.15, 0.2) is 24.3 Å². The number of aromatic nitrogens is 1. The third kappa shape index (κ3) is 4.15. The van der Waals surface area contributed by atoms with Gasteiger partial charge < -0.3 is 0 Å². The number of para-hydroxylation sites is 1. The Morgan fingerprint density at radius 2 is 2.05 bits per heavy atom. The van der Waals surface area contributed by atoms with Gasteiger partial charge in [-0.3, -0.25) is 11.3 Å². The summed E-state index contributed by atoms with van der Waals surface area (Å²) in [5.74, 6) is 5.30. The Kier molecular flexibility index (Phi) is 4.38. The lowest BCUT2D eigenvalue weighted by molar-refractivity contribution is -0.136. The van der Waals surface area contributed by atoms with E-state index in [0.717, 1.165) is 15.2 Å². The van der Waals surface area contributed by atoms with E-state index in [9.17, 15) is 13.2 Å². The van der Waals surface area contributed by atoms with Crippen LogP contribution in [0.1, 0.15) is 17.8 Å². The minimum absolute atomic E-state index is 0.0457. The molecule has 0 aliphatic carbocycles.